The second kappa shape index (κ2) is 6.07. The molecule has 19 heavy (non-hydrogen) atoms. The van der Waals surface area contributed by atoms with Gasteiger partial charge in [0.15, 0.2) is 0 Å². The first-order chi connectivity index (χ1) is 9.02. The summed E-state index contributed by atoms with van der Waals surface area (Å²) in [5, 5.41) is 6.50. The number of aryl methyl sites for hydroxylation is 2. The van der Waals surface area contributed by atoms with Crippen molar-refractivity contribution in [2.75, 3.05) is 5.73 Å². The van der Waals surface area contributed by atoms with E-state index in [1.54, 1.807) is 17.8 Å². The molecule has 1 heterocycles. The van der Waals surface area contributed by atoms with E-state index in [0.717, 1.165) is 34.3 Å². The second-order valence-corrected chi connectivity index (χ2v) is 6.08. The second-order valence-electron chi connectivity index (χ2n) is 4.21. The molecule has 0 aliphatic heterocycles. The summed E-state index contributed by atoms with van der Waals surface area (Å²) in [5.74, 6) is 0. The molecule has 2 aromatic rings. The molecule has 0 fully saturated rings. The van der Waals surface area contributed by atoms with E-state index in [2.05, 4.69) is 12.0 Å². The first kappa shape index (κ1) is 14.6. The zero-order valence-corrected chi connectivity index (χ0v) is 13.1. The van der Waals surface area contributed by atoms with Gasteiger partial charge in [0, 0.05) is 11.4 Å². The molecular formula is C13H15Cl2N3S. The van der Waals surface area contributed by atoms with Crippen LogP contribution in [0.5, 0.6) is 0 Å². The van der Waals surface area contributed by atoms with Crippen LogP contribution in [0.1, 0.15) is 19.0 Å². The van der Waals surface area contributed by atoms with Gasteiger partial charge in [-0.25, -0.2) is 0 Å². The Morgan fingerprint density at radius 1 is 1.32 bits per heavy atom. The minimum Gasteiger partial charge on any atom is -0.395 e. The summed E-state index contributed by atoms with van der Waals surface area (Å²) >= 11 is 13.5. The highest BCUT2D eigenvalue weighted by molar-refractivity contribution is 7.99. The lowest BCUT2D eigenvalue weighted by molar-refractivity contribution is 0.556. The van der Waals surface area contributed by atoms with Crippen LogP contribution < -0.4 is 5.73 Å². The van der Waals surface area contributed by atoms with Crippen molar-refractivity contribution in [2.24, 2.45) is 0 Å². The summed E-state index contributed by atoms with van der Waals surface area (Å²) in [4.78, 5) is 0.998. The van der Waals surface area contributed by atoms with Crippen LogP contribution in [-0.2, 0) is 6.54 Å². The van der Waals surface area contributed by atoms with Gasteiger partial charge in [-0.05, 0) is 31.5 Å². The van der Waals surface area contributed by atoms with Gasteiger partial charge in [-0.15, -0.1) is 0 Å². The van der Waals surface area contributed by atoms with E-state index in [9.17, 15) is 0 Å². The Labute approximate surface area is 127 Å². The first-order valence-corrected chi connectivity index (χ1v) is 7.56. The van der Waals surface area contributed by atoms with Crippen molar-refractivity contribution in [3.05, 3.63) is 33.9 Å². The number of anilines is 1. The molecule has 1 aromatic carbocycles. The van der Waals surface area contributed by atoms with E-state index >= 15 is 0 Å². The molecule has 0 radical (unpaired) electrons. The molecule has 0 atom stereocenters. The van der Waals surface area contributed by atoms with Gasteiger partial charge < -0.3 is 5.73 Å². The number of hydrogen-bond donors (Lipinski definition) is 1. The number of nitrogens with zero attached hydrogens (tertiary/aromatic N) is 2. The Kier molecular flexibility index (Phi) is 4.66. The van der Waals surface area contributed by atoms with Gasteiger partial charge in [-0.3, -0.25) is 4.68 Å². The highest BCUT2D eigenvalue weighted by atomic mass is 35.5. The van der Waals surface area contributed by atoms with Crippen molar-refractivity contribution >= 4 is 40.7 Å². The van der Waals surface area contributed by atoms with Crippen molar-refractivity contribution in [2.45, 2.75) is 36.7 Å². The fraction of sp³-hybridized carbons (Fsp3) is 0.308. The van der Waals surface area contributed by atoms with Gasteiger partial charge in [-0.2, -0.15) is 5.10 Å². The van der Waals surface area contributed by atoms with Gasteiger partial charge in [0.25, 0.3) is 0 Å². The highest BCUT2D eigenvalue weighted by Crippen LogP contribution is 2.36. The SMILES string of the molecule is CCCn1nc(C)c(N)c1Sc1ccc(Cl)c(Cl)c1. The normalized spacial score (nSPS) is 10.9. The molecule has 3 nitrogen and oxygen atoms in total. The van der Waals surface area contributed by atoms with Crippen LogP contribution in [0.4, 0.5) is 5.69 Å². The molecule has 0 amide bonds. The van der Waals surface area contributed by atoms with Crippen LogP contribution in [0, 0.1) is 6.92 Å². The van der Waals surface area contributed by atoms with Gasteiger partial charge in [-0.1, -0.05) is 41.9 Å². The fourth-order valence-corrected chi connectivity index (χ4v) is 3.09. The lowest BCUT2D eigenvalue weighted by atomic mass is 10.4. The van der Waals surface area contributed by atoms with Gasteiger partial charge in [0.2, 0.25) is 0 Å². The lowest BCUT2D eigenvalue weighted by Gasteiger charge is -2.07. The van der Waals surface area contributed by atoms with Crippen LogP contribution in [0.2, 0.25) is 10.0 Å². The van der Waals surface area contributed by atoms with Gasteiger partial charge in [0.1, 0.15) is 5.03 Å². The number of nitrogens with two attached hydrogens (primary N) is 1. The summed E-state index contributed by atoms with van der Waals surface area (Å²) in [6.07, 6.45) is 1.01. The number of nitrogen functional groups attached to an aromatic ring is 1. The Hall–Kier alpha value is -0.840. The average Bonchev–Trinajstić information content (AvgIpc) is 2.62. The lowest BCUT2D eigenvalue weighted by Crippen LogP contribution is -2.01. The summed E-state index contributed by atoms with van der Waals surface area (Å²) in [6, 6.07) is 5.55. The molecule has 0 bridgehead atoms. The Bertz CT molecular complexity index is 596. The molecule has 2 rings (SSSR count). The maximum Gasteiger partial charge on any atom is 0.122 e. The molecule has 102 valence electrons. The third kappa shape index (κ3) is 3.19. The van der Waals surface area contributed by atoms with Crippen LogP contribution in [0.3, 0.4) is 0 Å². The van der Waals surface area contributed by atoms with Crippen LogP contribution in [0.15, 0.2) is 28.1 Å². The molecule has 0 aliphatic carbocycles. The van der Waals surface area contributed by atoms with Crippen molar-refractivity contribution in [1.82, 2.24) is 9.78 Å². The number of benzene rings is 1. The van der Waals surface area contributed by atoms with E-state index in [1.165, 1.54) is 0 Å². The number of halogens is 2. The zero-order valence-electron chi connectivity index (χ0n) is 10.8. The van der Waals surface area contributed by atoms with Crippen molar-refractivity contribution < 1.29 is 0 Å². The van der Waals surface area contributed by atoms with E-state index in [-0.39, 0.29) is 0 Å². The zero-order chi connectivity index (χ0) is 14.0. The Morgan fingerprint density at radius 3 is 2.68 bits per heavy atom. The molecular weight excluding hydrogens is 301 g/mol. The van der Waals surface area contributed by atoms with Gasteiger partial charge >= 0.3 is 0 Å². The fourth-order valence-electron chi connectivity index (χ4n) is 1.70. The maximum absolute atomic E-state index is 6.09. The smallest absolute Gasteiger partial charge is 0.122 e. The summed E-state index contributed by atoms with van der Waals surface area (Å²) in [7, 11) is 0. The summed E-state index contributed by atoms with van der Waals surface area (Å²) in [6.45, 7) is 4.88. The summed E-state index contributed by atoms with van der Waals surface area (Å²) < 4.78 is 1.94. The minimum atomic E-state index is 0.545. The van der Waals surface area contributed by atoms with Crippen molar-refractivity contribution in [3.63, 3.8) is 0 Å². The number of hydrogen-bond acceptors (Lipinski definition) is 3. The molecule has 0 spiro atoms. The van der Waals surface area contributed by atoms with E-state index < -0.39 is 0 Å². The molecule has 0 unspecified atom stereocenters. The topological polar surface area (TPSA) is 43.8 Å². The third-order valence-electron chi connectivity index (χ3n) is 2.67. The van der Waals surface area contributed by atoms with E-state index in [0.29, 0.717) is 10.0 Å². The summed E-state index contributed by atoms with van der Waals surface area (Å²) in [5.41, 5.74) is 7.67. The predicted octanol–water partition coefficient (Wildman–Crippen LogP) is 4.64. The van der Waals surface area contributed by atoms with Crippen molar-refractivity contribution in [1.29, 1.82) is 0 Å². The Morgan fingerprint density at radius 2 is 2.05 bits per heavy atom. The van der Waals surface area contributed by atoms with Crippen LogP contribution in [0.25, 0.3) is 0 Å². The number of aromatic nitrogens is 2. The predicted molar refractivity (Wildman–Crippen MR) is 82.3 cm³/mol. The average molecular weight is 316 g/mol. The highest BCUT2D eigenvalue weighted by Gasteiger charge is 2.14. The maximum atomic E-state index is 6.09. The van der Waals surface area contributed by atoms with Crippen LogP contribution in [-0.4, -0.2) is 9.78 Å². The molecule has 6 heteroatoms. The van der Waals surface area contributed by atoms with Gasteiger partial charge in [0.05, 0.1) is 21.4 Å². The quantitative estimate of drug-likeness (QED) is 0.893. The van der Waals surface area contributed by atoms with E-state index in [1.807, 2.05) is 23.7 Å². The minimum absolute atomic E-state index is 0.545. The molecule has 0 saturated carbocycles. The first-order valence-electron chi connectivity index (χ1n) is 5.98. The standard InChI is InChI=1S/C13H15Cl2N3S/c1-3-6-18-13(12(16)8(2)17-18)19-9-4-5-10(14)11(15)7-9/h4-5,7H,3,6,16H2,1-2H3. The number of rotatable bonds is 4. The third-order valence-corrected chi connectivity index (χ3v) is 4.52. The van der Waals surface area contributed by atoms with Crippen molar-refractivity contribution in [3.8, 4) is 0 Å². The monoisotopic (exact) mass is 315 g/mol. The van der Waals surface area contributed by atoms with E-state index in [4.69, 9.17) is 28.9 Å². The molecule has 2 N–H and O–H groups in total. The Balaban J connectivity index is 2.34. The molecule has 1 aromatic heterocycles. The van der Waals surface area contributed by atoms with Crippen LogP contribution >= 0.6 is 35.0 Å². The molecule has 0 saturated heterocycles. The largest absolute Gasteiger partial charge is 0.395 e. The molecule has 0 aliphatic rings.